The summed E-state index contributed by atoms with van der Waals surface area (Å²) < 4.78 is 0. The normalized spacial score (nSPS) is 44.5. The lowest BCUT2D eigenvalue weighted by Gasteiger charge is -2.55. The Morgan fingerprint density at radius 3 is 2.84 bits per heavy atom. The van der Waals surface area contributed by atoms with Gasteiger partial charge < -0.3 is 5.11 Å². The van der Waals surface area contributed by atoms with Gasteiger partial charge in [0.15, 0.2) is 0 Å². The largest absolute Gasteiger partial charge is 0.393 e. The fourth-order valence-corrected chi connectivity index (χ4v) is 9.54. The summed E-state index contributed by atoms with van der Waals surface area (Å²) in [6.07, 6.45) is 18.8. The van der Waals surface area contributed by atoms with Gasteiger partial charge in [-0.15, -0.1) is 0 Å². The van der Waals surface area contributed by atoms with Gasteiger partial charge in [0.05, 0.1) is 6.10 Å². The van der Waals surface area contributed by atoms with E-state index in [0.29, 0.717) is 28.1 Å². The van der Waals surface area contributed by atoms with Crippen LogP contribution in [-0.2, 0) is 0 Å². The molecule has 32 heavy (non-hydrogen) atoms. The first kappa shape index (κ1) is 19.5. The van der Waals surface area contributed by atoms with Gasteiger partial charge in [0.1, 0.15) is 0 Å². The SMILES string of the molecule is C[C@@H]1C[C@@H](O)CC2=CC3=CC[C@]4(C)[C@@H](c5ccc6ccncc6c5)CC[C@H]4[C@@]34CC[C@]21C4. The fourth-order valence-electron chi connectivity index (χ4n) is 9.54. The molecule has 2 aromatic rings. The molecule has 1 heterocycles. The average Bonchev–Trinajstić information content (AvgIpc) is 3.31. The molecule has 7 rings (SSSR count). The van der Waals surface area contributed by atoms with E-state index in [1.54, 1.807) is 11.1 Å². The summed E-state index contributed by atoms with van der Waals surface area (Å²) in [6.45, 7) is 5.04. The second-order valence-corrected chi connectivity index (χ2v) is 12.2. The van der Waals surface area contributed by atoms with Crippen molar-refractivity contribution >= 4 is 10.8 Å². The number of aliphatic hydroxyl groups excluding tert-OH is 1. The van der Waals surface area contributed by atoms with E-state index in [1.807, 2.05) is 12.4 Å². The van der Waals surface area contributed by atoms with E-state index < -0.39 is 0 Å². The maximum Gasteiger partial charge on any atom is 0.0580 e. The molecule has 7 atom stereocenters. The zero-order valence-electron chi connectivity index (χ0n) is 19.5. The number of allylic oxidation sites excluding steroid dienone is 3. The number of benzene rings is 1. The number of rotatable bonds is 1. The van der Waals surface area contributed by atoms with Crippen molar-refractivity contribution in [1.82, 2.24) is 4.98 Å². The number of nitrogens with zero attached hydrogens (tertiary/aromatic N) is 1. The Hall–Kier alpha value is -1.93. The number of hydrogen-bond acceptors (Lipinski definition) is 2. The van der Waals surface area contributed by atoms with Crippen molar-refractivity contribution in [2.75, 3.05) is 0 Å². The van der Waals surface area contributed by atoms with Crippen molar-refractivity contribution in [2.24, 2.45) is 28.1 Å². The van der Waals surface area contributed by atoms with E-state index in [0.717, 1.165) is 18.8 Å². The highest BCUT2D eigenvalue weighted by Gasteiger charge is 2.66. The second kappa shape index (κ2) is 6.35. The Morgan fingerprint density at radius 2 is 1.94 bits per heavy atom. The Morgan fingerprint density at radius 1 is 1.06 bits per heavy atom. The number of aliphatic hydroxyl groups is 1. The van der Waals surface area contributed by atoms with Gasteiger partial charge in [-0.1, -0.05) is 43.7 Å². The predicted molar refractivity (Wildman–Crippen MR) is 129 cm³/mol. The second-order valence-electron chi connectivity index (χ2n) is 12.2. The first-order valence-electron chi connectivity index (χ1n) is 12.9. The smallest absolute Gasteiger partial charge is 0.0580 e. The van der Waals surface area contributed by atoms with Crippen LogP contribution in [0.4, 0.5) is 0 Å². The zero-order chi connectivity index (χ0) is 21.7. The minimum Gasteiger partial charge on any atom is -0.393 e. The molecule has 1 N–H and O–H groups in total. The third-order valence-electron chi connectivity index (χ3n) is 11.0. The Labute approximate surface area is 191 Å². The highest BCUT2D eigenvalue weighted by atomic mass is 16.3. The van der Waals surface area contributed by atoms with E-state index >= 15 is 0 Å². The summed E-state index contributed by atoms with van der Waals surface area (Å²) >= 11 is 0. The molecule has 0 aliphatic heterocycles. The van der Waals surface area contributed by atoms with Crippen LogP contribution in [0.2, 0.25) is 0 Å². The van der Waals surface area contributed by atoms with Crippen LogP contribution in [-0.4, -0.2) is 16.2 Å². The number of aromatic nitrogens is 1. The van der Waals surface area contributed by atoms with E-state index in [2.05, 4.69) is 55.2 Å². The third kappa shape index (κ3) is 2.32. The number of fused-ring (bicyclic) bond motifs is 2. The molecule has 2 spiro atoms. The lowest BCUT2D eigenvalue weighted by molar-refractivity contribution is 0.0247. The molecule has 2 bridgehead atoms. The topological polar surface area (TPSA) is 33.1 Å². The first-order chi connectivity index (χ1) is 15.4. The quantitative estimate of drug-likeness (QED) is 0.536. The van der Waals surface area contributed by atoms with Crippen molar-refractivity contribution in [1.29, 1.82) is 0 Å². The van der Waals surface area contributed by atoms with Gasteiger partial charge in [0.2, 0.25) is 0 Å². The molecule has 2 heteroatoms. The molecule has 5 aliphatic carbocycles. The molecule has 0 radical (unpaired) electrons. The Balaban J connectivity index is 1.31. The molecular weight excluding hydrogens is 390 g/mol. The average molecular weight is 426 g/mol. The molecule has 0 amide bonds. The molecule has 1 aromatic heterocycles. The van der Waals surface area contributed by atoms with Crippen LogP contribution >= 0.6 is 0 Å². The fraction of sp³-hybridized carbons (Fsp3) is 0.567. The van der Waals surface area contributed by atoms with Gasteiger partial charge in [-0.2, -0.15) is 0 Å². The standard InChI is InChI=1S/C30H35NO/c1-19-13-25(32)16-24-15-23-7-9-28(2)26(21-4-3-20-8-12-31-17-22(20)14-21)5-6-27(28)30(23)11-10-29(19,24)18-30/h3-4,7-8,12,14-15,17,19,25-27,32H,5-6,9-11,13,16,18H2,1-2H3/t19-,25-,26-,27-,28-,29-,30-/m1/s1. The van der Waals surface area contributed by atoms with Crippen LogP contribution in [0.1, 0.15) is 76.7 Å². The van der Waals surface area contributed by atoms with Gasteiger partial charge in [0, 0.05) is 17.8 Å². The molecule has 166 valence electrons. The van der Waals surface area contributed by atoms with Gasteiger partial charge in [-0.05, 0) is 114 Å². The van der Waals surface area contributed by atoms with Crippen molar-refractivity contribution in [3.05, 3.63) is 65.5 Å². The Kier molecular flexibility index (Phi) is 3.87. The zero-order valence-corrected chi connectivity index (χ0v) is 19.5. The lowest BCUT2D eigenvalue weighted by atomic mass is 9.49. The predicted octanol–water partition coefficient (Wildman–Crippen LogP) is 6.95. The summed E-state index contributed by atoms with van der Waals surface area (Å²) in [6, 6.07) is 9.26. The van der Waals surface area contributed by atoms with Crippen LogP contribution in [0.15, 0.2) is 60.0 Å². The van der Waals surface area contributed by atoms with E-state index in [1.165, 1.54) is 54.9 Å². The van der Waals surface area contributed by atoms with Crippen LogP contribution < -0.4 is 0 Å². The van der Waals surface area contributed by atoms with Crippen molar-refractivity contribution in [2.45, 2.75) is 77.2 Å². The molecule has 0 unspecified atom stereocenters. The summed E-state index contributed by atoms with van der Waals surface area (Å²) in [5.74, 6) is 2.02. The highest BCUT2D eigenvalue weighted by Crippen LogP contribution is 2.75. The lowest BCUT2D eigenvalue weighted by Crippen LogP contribution is -2.47. The summed E-state index contributed by atoms with van der Waals surface area (Å²) in [4.78, 5) is 4.38. The maximum atomic E-state index is 10.5. The highest BCUT2D eigenvalue weighted by molar-refractivity contribution is 5.82. The van der Waals surface area contributed by atoms with Gasteiger partial charge in [0.25, 0.3) is 0 Å². The summed E-state index contributed by atoms with van der Waals surface area (Å²) in [5.41, 5.74) is 5.84. The van der Waals surface area contributed by atoms with E-state index in [4.69, 9.17) is 0 Å². The van der Waals surface area contributed by atoms with Crippen molar-refractivity contribution < 1.29 is 5.11 Å². The van der Waals surface area contributed by atoms with E-state index in [-0.39, 0.29) is 6.10 Å². The Bertz CT molecular complexity index is 1180. The van der Waals surface area contributed by atoms with Gasteiger partial charge in [-0.25, -0.2) is 0 Å². The molecule has 2 nitrogen and oxygen atoms in total. The maximum absolute atomic E-state index is 10.5. The molecule has 3 saturated carbocycles. The summed E-state index contributed by atoms with van der Waals surface area (Å²) in [5, 5.41) is 13.1. The van der Waals surface area contributed by atoms with Crippen molar-refractivity contribution in [3.63, 3.8) is 0 Å². The molecule has 3 fully saturated rings. The minimum absolute atomic E-state index is 0.136. The molecule has 5 aliphatic rings. The molecule has 0 saturated heterocycles. The monoisotopic (exact) mass is 425 g/mol. The third-order valence-corrected chi connectivity index (χ3v) is 11.0. The van der Waals surface area contributed by atoms with Gasteiger partial charge in [-0.3, -0.25) is 4.98 Å². The molecular formula is C30H35NO. The van der Waals surface area contributed by atoms with Crippen LogP contribution in [0.3, 0.4) is 0 Å². The minimum atomic E-state index is -0.136. The van der Waals surface area contributed by atoms with Crippen LogP contribution in [0, 0.1) is 28.1 Å². The van der Waals surface area contributed by atoms with Crippen LogP contribution in [0.25, 0.3) is 10.8 Å². The summed E-state index contributed by atoms with van der Waals surface area (Å²) in [7, 11) is 0. The van der Waals surface area contributed by atoms with Crippen molar-refractivity contribution in [3.8, 4) is 0 Å². The number of pyridine rings is 1. The van der Waals surface area contributed by atoms with Gasteiger partial charge >= 0.3 is 0 Å². The van der Waals surface area contributed by atoms with Crippen LogP contribution in [0.5, 0.6) is 0 Å². The number of hydrogen-bond donors (Lipinski definition) is 1. The molecule has 1 aromatic carbocycles. The van der Waals surface area contributed by atoms with E-state index in [9.17, 15) is 5.11 Å². The first-order valence-corrected chi connectivity index (χ1v) is 12.9.